The molecule has 1 N–H and O–H groups in total. The Balaban J connectivity index is 1.56. The maximum Gasteiger partial charge on any atom is 0.191 e. The molecule has 5 aromatic rings. The lowest BCUT2D eigenvalue weighted by molar-refractivity contribution is 0.414. The summed E-state index contributed by atoms with van der Waals surface area (Å²) in [6.45, 7) is 3.73. The molecule has 5 rings (SSSR count). The Morgan fingerprint density at radius 2 is 1.82 bits per heavy atom. The number of ether oxygens (including phenoxy) is 1. The number of oxazole rings is 1. The first-order valence-electron chi connectivity index (χ1n) is 10.4. The Labute approximate surface area is 189 Å². The molecular weight excluding hydrogens is 421 g/mol. The lowest BCUT2D eigenvalue weighted by Gasteiger charge is -2.11. The van der Waals surface area contributed by atoms with Gasteiger partial charge < -0.3 is 19.0 Å². The molecule has 0 amide bonds. The normalized spacial score (nSPS) is 11.2. The minimum Gasteiger partial charge on any atom is -0.496 e. The number of imidazole rings is 1. The van der Waals surface area contributed by atoms with Crippen LogP contribution in [0.2, 0.25) is 0 Å². The highest BCUT2D eigenvalue weighted by molar-refractivity contribution is 5.91. The molecule has 0 aliphatic carbocycles. The van der Waals surface area contributed by atoms with E-state index in [0.29, 0.717) is 23.2 Å². The molecule has 166 valence electrons. The van der Waals surface area contributed by atoms with E-state index in [0.717, 1.165) is 39.4 Å². The summed E-state index contributed by atoms with van der Waals surface area (Å²) in [4.78, 5) is 13.7. The van der Waals surface area contributed by atoms with E-state index in [1.54, 1.807) is 32.4 Å². The van der Waals surface area contributed by atoms with E-state index in [2.05, 4.69) is 15.3 Å². The van der Waals surface area contributed by atoms with Gasteiger partial charge in [-0.25, -0.2) is 19.3 Å². The molecule has 3 aromatic heterocycles. The Bertz CT molecular complexity index is 1470. The van der Waals surface area contributed by atoms with Gasteiger partial charge >= 0.3 is 0 Å². The van der Waals surface area contributed by atoms with E-state index < -0.39 is 0 Å². The summed E-state index contributed by atoms with van der Waals surface area (Å²) in [6.07, 6.45) is 1.68. The summed E-state index contributed by atoms with van der Waals surface area (Å²) in [5.74, 6) is 2.95. The first-order chi connectivity index (χ1) is 15.9. The van der Waals surface area contributed by atoms with Crippen molar-refractivity contribution in [3.05, 3.63) is 72.1 Å². The minimum absolute atomic E-state index is 0.282. The fourth-order valence-corrected chi connectivity index (χ4v) is 3.85. The number of aromatic nitrogens is 4. The van der Waals surface area contributed by atoms with Gasteiger partial charge in [0.2, 0.25) is 0 Å². The van der Waals surface area contributed by atoms with Crippen LogP contribution in [-0.4, -0.2) is 26.6 Å². The summed E-state index contributed by atoms with van der Waals surface area (Å²) in [5, 5.41) is 3.37. The van der Waals surface area contributed by atoms with Crippen LogP contribution in [0.4, 0.5) is 15.9 Å². The van der Waals surface area contributed by atoms with Crippen molar-refractivity contribution in [3.8, 4) is 28.5 Å². The molecule has 0 spiro atoms. The molecular formula is C25H22FN5O2. The number of methoxy groups -OCH3 is 1. The molecule has 0 saturated heterocycles. The number of halogens is 1. The first-order valence-corrected chi connectivity index (χ1v) is 10.4. The molecule has 33 heavy (non-hydrogen) atoms. The Kier molecular flexibility index (Phi) is 5.05. The molecule has 0 bridgehead atoms. The highest BCUT2D eigenvalue weighted by atomic mass is 19.1. The maximum atomic E-state index is 13.4. The Hall–Kier alpha value is -4.20. The van der Waals surface area contributed by atoms with Crippen LogP contribution in [0, 0.1) is 19.7 Å². The number of nitrogens with zero attached hydrogens (tertiary/aromatic N) is 4. The van der Waals surface area contributed by atoms with Crippen LogP contribution >= 0.6 is 0 Å². The van der Waals surface area contributed by atoms with Gasteiger partial charge in [-0.15, -0.1) is 0 Å². The third-order valence-electron chi connectivity index (χ3n) is 5.45. The number of aryl methyl sites for hydroxylation is 3. The topological polar surface area (TPSA) is 78.0 Å². The quantitative estimate of drug-likeness (QED) is 0.370. The molecule has 8 heteroatoms. The van der Waals surface area contributed by atoms with Gasteiger partial charge in [-0.3, -0.25) is 0 Å². The van der Waals surface area contributed by atoms with E-state index >= 15 is 0 Å². The zero-order valence-corrected chi connectivity index (χ0v) is 18.7. The molecule has 0 saturated carbocycles. The standard InChI is InChI=1S/C25H22FN5O2/c1-14-11-20-23(30-25(31(20)3)16-5-7-17(26)8-6-16)24(28-14)29-18-9-10-19(21(12-18)32-4)22-13-27-15(2)33-22/h5-13H,1-4H3,(H,28,29). The van der Waals surface area contributed by atoms with Crippen LogP contribution in [-0.2, 0) is 7.05 Å². The van der Waals surface area contributed by atoms with Crippen molar-refractivity contribution >= 4 is 22.5 Å². The van der Waals surface area contributed by atoms with E-state index in [1.165, 1.54) is 12.1 Å². The van der Waals surface area contributed by atoms with E-state index in [4.69, 9.17) is 14.1 Å². The van der Waals surface area contributed by atoms with Gasteiger partial charge in [0.05, 0.1) is 24.4 Å². The highest BCUT2D eigenvalue weighted by Crippen LogP contribution is 2.35. The summed E-state index contributed by atoms with van der Waals surface area (Å²) >= 11 is 0. The number of benzene rings is 2. The zero-order valence-electron chi connectivity index (χ0n) is 18.7. The van der Waals surface area contributed by atoms with Crippen molar-refractivity contribution in [3.63, 3.8) is 0 Å². The summed E-state index contributed by atoms with van der Waals surface area (Å²) < 4.78 is 26.6. The number of rotatable bonds is 5. The number of pyridine rings is 1. The second kappa shape index (κ2) is 8.05. The lowest BCUT2D eigenvalue weighted by atomic mass is 10.1. The third kappa shape index (κ3) is 3.80. The smallest absolute Gasteiger partial charge is 0.191 e. The molecule has 7 nitrogen and oxygen atoms in total. The van der Waals surface area contributed by atoms with E-state index in [9.17, 15) is 4.39 Å². The van der Waals surface area contributed by atoms with Crippen LogP contribution < -0.4 is 10.1 Å². The molecule has 0 aliphatic heterocycles. The van der Waals surface area contributed by atoms with Gasteiger partial charge in [0.15, 0.2) is 17.5 Å². The van der Waals surface area contributed by atoms with Crippen LogP contribution in [0.15, 0.2) is 59.1 Å². The summed E-state index contributed by atoms with van der Waals surface area (Å²) in [6, 6.07) is 14.0. The largest absolute Gasteiger partial charge is 0.496 e. The number of anilines is 2. The molecule has 0 atom stereocenters. The van der Waals surface area contributed by atoms with Crippen LogP contribution in [0.5, 0.6) is 5.75 Å². The second-order valence-corrected chi connectivity index (χ2v) is 7.76. The molecule has 0 fully saturated rings. The summed E-state index contributed by atoms with van der Waals surface area (Å²) in [7, 11) is 3.55. The van der Waals surface area contributed by atoms with Crippen LogP contribution in [0.1, 0.15) is 11.6 Å². The van der Waals surface area contributed by atoms with Gasteiger partial charge in [0, 0.05) is 37.0 Å². The number of hydrogen-bond acceptors (Lipinski definition) is 6. The molecule has 2 aromatic carbocycles. The predicted molar refractivity (Wildman–Crippen MR) is 125 cm³/mol. The minimum atomic E-state index is -0.282. The van der Waals surface area contributed by atoms with Crippen LogP contribution in [0.3, 0.4) is 0 Å². The van der Waals surface area contributed by atoms with E-state index in [1.807, 2.05) is 42.8 Å². The molecule has 0 unspecified atom stereocenters. The predicted octanol–water partition coefficient (Wildman–Crippen LogP) is 5.80. The van der Waals surface area contributed by atoms with Gasteiger partial charge in [-0.2, -0.15) is 0 Å². The van der Waals surface area contributed by atoms with Crippen molar-refractivity contribution in [2.75, 3.05) is 12.4 Å². The summed E-state index contributed by atoms with van der Waals surface area (Å²) in [5.41, 5.74) is 4.91. The van der Waals surface area contributed by atoms with E-state index in [-0.39, 0.29) is 5.82 Å². The average molecular weight is 443 g/mol. The molecule has 0 aliphatic rings. The van der Waals surface area contributed by atoms with Crippen molar-refractivity contribution < 1.29 is 13.5 Å². The van der Waals surface area contributed by atoms with Gasteiger partial charge in [0.1, 0.15) is 22.9 Å². The zero-order chi connectivity index (χ0) is 23.1. The Morgan fingerprint density at radius 3 is 2.52 bits per heavy atom. The number of nitrogens with one attached hydrogen (secondary N) is 1. The SMILES string of the molecule is COc1cc(Nc2nc(C)cc3c2nc(-c2ccc(F)cc2)n3C)ccc1-c1cnc(C)o1. The van der Waals surface area contributed by atoms with Crippen molar-refractivity contribution in [1.29, 1.82) is 0 Å². The van der Waals surface area contributed by atoms with Crippen molar-refractivity contribution in [2.24, 2.45) is 7.05 Å². The molecule has 0 radical (unpaired) electrons. The highest BCUT2D eigenvalue weighted by Gasteiger charge is 2.17. The number of hydrogen-bond donors (Lipinski definition) is 1. The maximum absolute atomic E-state index is 13.4. The average Bonchev–Trinajstić information content (AvgIpc) is 3.38. The van der Waals surface area contributed by atoms with Crippen molar-refractivity contribution in [1.82, 2.24) is 19.5 Å². The third-order valence-corrected chi connectivity index (χ3v) is 5.45. The number of fused-ring (bicyclic) bond motifs is 1. The van der Waals surface area contributed by atoms with Crippen molar-refractivity contribution in [2.45, 2.75) is 13.8 Å². The Morgan fingerprint density at radius 1 is 1.03 bits per heavy atom. The van der Waals surface area contributed by atoms with Gasteiger partial charge in [0.25, 0.3) is 0 Å². The first kappa shape index (κ1) is 20.7. The van der Waals surface area contributed by atoms with Gasteiger partial charge in [-0.1, -0.05) is 0 Å². The van der Waals surface area contributed by atoms with Gasteiger partial charge in [-0.05, 0) is 49.4 Å². The fraction of sp³-hybridized carbons (Fsp3) is 0.160. The molecule has 3 heterocycles. The van der Waals surface area contributed by atoms with Crippen LogP contribution in [0.25, 0.3) is 33.7 Å². The second-order valence-electron chi connectivity index (χ2n) is 7.76. The fourth-order valence-electron chi connectivity index (χ4n) is 3.85. The lowest BCUT2D eigenvalue weighted by Crippen LogP contribution is -1.98. The monoisotopic (exact) mass is 443 g/mol.